The molecular weight excluding hydrogens is 486 g/mol. The molecule has 0 saturated carbocycles. The second-order valence-electron chi connectivity index (χ2n) is 9.98. The monoisotopic (exact) mass is 519 g/mol. The zero-order chi connectivity index (χ0) is 26.9. The number of imidazole rings is 1. The summed E-state index contributed by atoms with van der Waals surface area (Å²) in [5, 5.41) is 3.15. The van der Waals surface area contributed by atoms with Crippen LogP contribution in [-0.4, -0.2) is 29.1 Å². The molecule has 198 valence electrons. The fourth-order valence-electron chi connectivity index (χ4n) is 5.71. The van der Waals surface area contributed by atoms with E-state index in [-0.39, 0.29) is 5.91 Å². The zero-order valence-corrected chi connectivity index (χ0v) is 22.7. The molecule has 0 atom stereocenters. The summed E-state index contributed by atoms with van der Waals surface area (Å²) < 4.78 is 15.3. The number of ether oxygens (including phenoxy) is 2. The van der Waals surface area contributed by atoms with Crippen molar-refractivity contribution < 1.29 is 14.3 Å². The molecule has 6 nitrogen and oxygen atoms in total. The Balaban J connectivity index is 1.57. The van der Waals surface area contributed by atoms with E-state index >= 15 is 0 Å². The maximum absolute atomic E-state index is 14.1. The number of carbonyl (C=O) groups is 1. The Hall–Kier alpha value is -4.45. The molecule has 39 heavy (non-hydrogen) atoms. The van der Waals surface area contributed by atoms with Crippen LogP contribution in [-0.2, 0) is 19.4 Å². The molecule has 0 unspecified atom stereocenters. The first-order valence-corrected chi connectivity index (χ1v) is 13.6. The van der Waals surface area contributed by atoms with Crippen LogP contribution >= 0.6 is 0 Å². The number of amides is 1. The maximum atomic E-state index is 14.1. The van der Waals surface area contributed by atoms with Gasteiger partial charge >= 0.3 is 0 Å². The predicted molar refractivity (Wildman–Crippen MR) is 156 cm³/mol. The van der Waals surface area contributed by atoms with Gasteiger partial charge in [-0.1, -0.05) is 37.3 Å². The molecule has 5 aromatic rings. The molecule has 0 saturated heterocycles. The van der Waals surface area contributed by atoms with Gasteiger partial charge in [-0.3, -0.25) is 9.20 Å². The summed E-state index contributed by atoms with van der Waals surface area (Å²) >= 11 is 0. The second-order valence-corrected chi connectivity index (χ2v) is 9.98. The molecule has 0 aliphatic carbocycles. The van der Waals surface area contributed by atoms with Crippen molar-refractivity contribution >= 4 is 17.2 Å². The Labute approximate surface area is 228 Å². The van der Waals surface area contributed by atoms with Crippen molar-refractivity contribution in [1.29, 1.82) is 0 Å². The molecule has 0 spiro atoms. The van der Waals surface area contributed by atoms with E-state index in [1.807, 2.05) is 36.4 Å². The second kappa shape index (κ2) is 10.4. The summed E-state index contributed by atoms with van der Waals surface area (Å²) in [6.45, 7) is 3.06. The summed E-state index contributed by atoms with van der Waals surface area (Å²) in [5.41, 5.74) is 9.25. The van der Waals surface area contributed by atoms with E-state index in [2.05, 4.69) is 63.8 Å². The van der Waals surface area contributed by atoms with Crippen LogP contribution in [0.15, 0.2) is 79.0 Å². The summed E-state index contributed by atoms with van der Waals surface area (Å²) in [4.78, 5) is 14.1. The first-order valence-electron chi connectivity index (χ1n) is 13.6. The van der Waals surface area contributed by atoms with E-state index in [4.69, 9.17) is 9.47 Å². The van der Waals surface area contributed by atoms with E-state index in [1.54, 1.807) is 14.2 Å². The number of aryl methyl sites for hydroxylation is 3. The third-order valence-corrected chi connectivity index (χ3v) is 7.71. The van der Waals surface area contributed by atoms with Gasteiger partial charge in [0.05, 0.1) is 19.9 Å². The molecule has 6 heteroatoms. The number of anilines is 1. The lowest BCUT2D eigenvalue weighted by Crippen LogP contribution is -2.15. The lowest BCUT2D eigenvalue weighted by Gasteiger charge is -2.11. The number of rotatable bonds is 7. The van der Waals surface area contributed by atoms with Crippen LogP contribution in [0.3, 0.4) is 0 Å². The van der Waals surface area contributed by atoms with E-state index in [9.17, 15) is 4.79 Å². The summed E-state index contributed by atoms with van der Waals surface area (Å²) in [6, 6.07) is 24.3. The fourth-order valence-corrected chi connectivity index (χ4v) is 5.71. The predicted octanol–water partition coefficient (Wildman–Crippen LogP) is 7.24. The number of nitrogens with zero attached hydrogens (tertiary/aromatic N) is 2. The van der Waals surface area contributed by atoms with Gasteiger partial charge in [-0.05, 0) is 78.8 Å². The van der Waals surface area contributed by atoms with Crippen LogP contribution in [0.1, 0.15) is 41.4 Å². The highest BCUT2D eigenvalue weighted by Gasteiger charge is 2.29. The van der Waals surface area contributed by atoms with Crippen LogP contribution in [0.25, 0.3) is 28.0 Å². The third kappa shape index (κ3) is 4.46. The largest absolute Gasteiger partial charge is 0.497 e. The van der Waals surface area contributed by atoms with Gasteiger partial charge in [0.2, 0.25) is 0 Å². The molecule has 1 amide bonds. The van der Waals surface area contributed by atoms with Crippen molar-refractivity contribution in [2.75, 3.05) is 19.5 Å². The highest BCUT2D eigenvalue weighted by atomic mass is 16.5. The Kier molecular flexibility index (Phi) is 6.61. The van der Waals surface area contributed by atoms with E-state index in [0.717, 1.165) is 66.0 Å². The average molecular weight is 520 g/mol. The minimum atomic E-state index is -0.141. The molecule has 1 N–H and O–H groups in total. The Morgan fingerprint density at radius 3 is 2.36 bits per heavy atom. The minimum Gasteiger partial charge on any atom is -0.497 e. The standard InChI is InChI=1S/C33H33N3O3/c1-4-22-11-13-24(14-12-22)30-28-10-5-6-19-35-29(23-15-17-26(38-2)18-16-23)21-36(33(28)35)31(30)32(37)34-25-8-7-9-27(20-25)39-3/h7-9,11-18,20-21H,4-6,10,19H2,1-3H3,(H,34,37). The van der Waals surface area contributed by atoms with Gasteiger partial charge in [-0.2, -0.15) is 0 Å². The first-order chi connectivity index (χ1) is 19.1. The zero-order valence-electron chi connectivity index (χ0n) is 22.7. The molecule has 3 heterocycles. The molecule has 0 radical (unpaired) electrons. The van der Waals surface area contributed by atoms with Crippen LogP contribution in [0.2, 0.25) is 0 Å². The summed E-state index contributed by atoms with van der Waals surface area (Å²) in [7, 11) is 3.31. The number of aromatic nitrogens is 2. The SMILES string of the molecule is CCc1ccc(-c2c3c4n(c(-c5ccc(OC)cc5)cn4c2C(=O)Nc2cccc(OC)c2)CCCC3)cc1. The van der Waals surface area contributed by atoms with Gasteiger partial charge in [-0.15, -0.1) is 0 Å². The van der Waals surface area contributed by atoms with Gasteiger partial charge in [0.25, 0.3) is 5.91 Å². The Morgan fingerprint density at radius 1 is 0.897 bits per heavy atom. The van der Waals surface area contributed by atoms with Gasteiger partial charge in [0, 0.05) is 35.6 Å². The van der Waals surface area contributed by atoms with Gasteiger partial charge in [0.1, 0.15) is 22.8 Å². The number of benzene rings is 3. The molecule has 6 rings (SSSR count). The normalized spacial score (nSPS) is 12.8. The highest BCUT2D eigenvalue weighted by molar-refractivity contribution is 6.10. The van der Waals surface area contributed by atoms with E-state index in [1.165, 1.54) is 11.1 Å². The van der Waals surface area contributed by atoms with Crippen molar-refractivity contribution in [2.45, 2.75) is 39.2 Å². The molecule has 3 aromatic carbocycles. The van der Waals surface area contributed by atoms with Crippen LogP contribution in [0.4, 0.5) is 5.69 Å². The average Bonchev–Trinajstić information content (AvgIpc) is 3.40. The Morgan fingerprint density at radius 2 is 1.64 bits per heavy atom. The summed E-state index contributed by atoms with van der Waals surface area (Å²) in [5.74, 6) is 1.38. The third-order valence-electron chi connectivity index (χ3n) is 7.71. The molecule has 0 fully saturated rings. The number of hydrogen-bond donors (Lipinski definition) is 1. The van der Waals surface area contributed by atoms with Gasteiger partial charge in [-0.25, -0.2) is 0 Å². The van der Waals surface area contributed by atoms with Crippen molar-refractivity contribution in [3.8, 4) is 33.9 Å². The lowest BCUT2D eigenvalue weighted by atomic mass is 9.96. The number of nitrogens with one attached hydrogen (secondary N) is 1. The van der Waals surface area contributed by atoms with Crippen molar-refractivity contribution in [3.05, 3.63) is 95.8 Å². The Bertz CT molecular complexity index is 1640. The van der Waals surface area contributed by atoms with Crippen LogP contribution in [0.5, 0.6) is 11.5 Å². The van der Waals surface area contributed by atoms with E-state index < -0.39 is 0 Å². The van der Waals surface area contributed by atoms with Crippen molar-refractivity contribution in [2.24, 2.45) is 0 Å². The molecule has 0 bridgehead atoms. The highest BCUT2D eigenvalue weighted by Crippen LogP contribution is 2.40. The molecule has 2 aromatic heterocycles. The minimum absolute atomic E-state index is 0.141. The quantitative estimate of drug-likeness (QED) is 0.247. The molecule has 1 aliphatic rings. The lowest BCUT2D eigenvalue weighted by molar-refractivity contribution is 0.102. The van der Waals surface area contributed by atoms with E-state index in [0.29, 0.717) is 17.1 Å². The summed E-state index contributed by atoms with van der Waals surface area (Å²) in [6.07, 6.45) is 6.18. The fraction of sp³-hybridized carbons (Fsp3) is 0.242. The number of hydrogen-bond acceptors (Lipinski definition) is 3. The van der Waals surface area contributed by atoms with Crippen LogP contribution in [0, 0.1) is 0 Å². The van der Waals surface area contributed by atoms with Crippen molar-refractivity contribution in [1.82, 2.24) is 8.97 Å². The molecular formula is C33H33N3O3. The van der Waals surface area contributed by atoms with Crippen LogP contribution < -0.4 is 14.8 Å². The maximum Gasteiger partial charge on any atom is 0.273 e. The van der Waals surface area contributed by atoms with Gasteiger partial charge < -0.3 is 19.4 Å². The van der Waals surface area contributed by atoms with Crippen molar-refractivity contribution in [3.63, 3.8) is 0 Å². The first kappa shape index (κ1) is 24.9. The number of carbonyl (C=O) groups excluding carboxylic acids is 1. The smallest absolute Gasteiger partial charge is 0.273 e. The van der Waals surface area contributed by atoms with Gasteiger partial charge in [0.15, 0.2) is 0 Å². The molecule has 1 aliphatic heterocycles. The topological polar surface area (TPSA) is 56.9 Å². The number of methoxy groups -OCH3 is 2.